The Kier molecular flexibility index (Phi) is 5.14. The maximum Gasteiger partial charge on any atom is 0.243 e. The van der Waals surface area contributed by atoms with E-state index in [2.05, 4.69) is 22.0 Å². The second kappa shape index (κ2) is 7.49. The molecule has 130 valence electrons. The molecule has 0 aliphatic carbocycles. The number of fused-ring (bicyclic) bond motifs is 1. The van der Waals surface area contributed by atoms with E-state index >= 15 is 0 Å². The van der Waals surface area contributed by atoms with Gasteiger partial charge in [-0.15, -0.1) is 0 Å². The van der Waals surface area contributed by atoms with Crippen LogP contribution in [0.2, 0.25) is 0 Å². The van der Waals surface area contributed by atoms with Gasteiger partial charge in [-0.1, -0.05) is 30.3 Å². The Bertz CT molecular complexity index is 781. The first kappa shape index (κ1) is 17.2. The molecule has 0 fully saturated rings. The first-order chi connectivity index (χ1) is 12.0. The second-order valence-electron chi connectivity index (χ2n) is 6.55. The van der Waals surface area contributed by atoms with Crippen LogP contribution in [-0.2, 0) is 22.6 Å². The van der Waals surface area contributed by atoms with Crippen molar-refractivity contribution < 1.29 is 9.59 Å². The number of hydrogen-bond acceptors (Lipinski definition) is 3. The van der Waals surface area contributed by atoms with E-state index in [0.717, 1.165) is 16.8 Å². The van der Waals surface area contributed by atoms with Gasteiger partial charge in [0.05, 0.1) is 12.6 Å². The molecule has 0 spiro atoms. The Balaban J connectivity index is 1.51. The number of anilines is 1. The summed E-state index contributed by atoms with van der Waals surface area (Å²) >= 11 is 0. The molecule has 2 aromatic carbocycles. The molecule has 1 unspecified atom stereocenters. The lowest BCUT2D eigenvalue weighted by atomic mass is 9.95. The van der Waals surface area contributed by atoms with Crippen LogP contribution in [0.3, 0.4) is 0 Å². The fourth-order valence-corrected chi connectivity index (χ4v) is 3.18. The van der Waals surface area contributed by atoms with Crippen molar-refractivity contribution in [1.29, 1.82) is 0 Å². The summed E-state index contributed by atoms with van der Waals surface area (Å²) in [5.41, 5.74) is 5.33. The van der Waals surface area contributed by atoms with Crippen molar-refractivity contribution in [3.8, 4) is 0 Å². The largest absolute Gasteiger partial charge is 0.346 e. The third-order valence-corrected chi connectivity index (χ3v) is 4.33. The Morgan fingerprint density at radius 1 is 1.08 bits per heavy atom. The number of nitrogens with one attached hydrogen (secondary N) is 3. The number of hydrogen-bond donors (Lipinski definition) is 3. The SMILES string of the molecule is Cc1cc(C)cc(NC(=O)CNC(=O)C2Cc3ccccc3CN2)c1. The molecule has 0 saturated heterocycles. The molecule has 5 nitrogen and oxygen atoms in total. The topological polar surface area (TPSA) is 70.2 Å². The van der Waals surface area contributed by atoms with Crippen LogP contribution < -0.4 is 16.0 Å². The average Bonchev–Trinajstić information content (AvgIpc) is 2.58. The highest BCUT2D eigenvalue weighted by molar-refractivity contribution is 5.95. The zero-order valence-electron chi connectivity index (χ0n) is 14.6. The van der Waals surface area contributed by atoms with Crippen molar-refractivity contribution in [2.24, 2.45) is 0 Å². The first-order valence-corrected chi connectivity index (χ1v) is 8.47. The molecule has 0 bridgehead atoms. The van der Waals surface area contributed by atoms with E-state index in [1.165, 1.54) is 11.1 Å². The monoisotopic (exact) mass is 337 g/mol. The normalized spacial score (nSPS) is 16.0. The van der Waals surface area contributed by atoms with Gasteiger partial charge in [0.15, 0.2) is 0 Å². The summed E-state index contributed by atoms with van der Waals surface area (Å²) in [5.74, 6) is -0.375. The summed E-state index contributed by atoms with van der Waals surface area (Å²) in [6.07, 6.45) is 0.640. The maximum absolute atomic E-state index is 12.3. The van der Waals surface area contributed by atoms with E-state index in [1.807, 2.05) is 50.2 Å². The van der Waals surface area contributed by atoms with Crippen molar-refractivity contribution >= 4 is 17.5 Å². The molecular weight excluding hydrogens is 314 g/mol. The van der Waals surface area contributed by atoms with Gasteiger partial charge in [-0.3, -0.25) is 9.59 Å². The minimum atomic E-state index is -0.302. The van der Waals surface area contributed by atoms with Crippen molar-refractivity contribution in [3.63, 3.8) is 0 Å². The van der Waals surface area contributed by atoms with Crippen LogP contribution in [0.4, 0.5) is 5.69 Å². The van der Waals surface area contributed by atoms with Crippen molar-refractivity contribution in [2.45, 2.75) is 32.9 Å². The van der Waals surface area contributed by atoms with Crippen LogP contribution in [-0.4, -0.2) is 24.4 Å². The van der Waals surface area contributed by atoms with E-state index in [4.69, 9.17) is 0 Å². The standard InChI is InChI=1S/C20H23N3O2/c1-13-7-14(2)9-17(8-13)23-19(24)12-22-20(25)18-10-15-5-3-4-6-16(15)11-21-18/h3-9,18,21H,10-12H2,1-2H3,(H,22,25)(H,23,24). The molecule has 2 aromatic rings. The van der Waals surface area contributed by atoms with Gasteiger partial charge in [0, 0.05) is 12.2 Å². The molecule has 0 saturated carbocycles. The Hall–Kier alpha value is -2.66. The molecule has 5 heteroatoms. The highest BCUT2D eigenvalue weighted by atomic mass is 16.2. The summed E-state index contributed by atoms with van der Waals surface area (Å²) in [4.78, 5) is 24.4. The molecule has 1 aliphatic rings. The minimum Gasteiger partial charge on any atom is -0.346 e. The van der Waals surface area contributed by atoms with Crippen LogP contribution in [0.15, 0.2) is 42.5 Å². The highest BCUT2D eigenvalue weighted by Crippen LogP contribution is 2.16. The zero-order chi connectivity index (χ0) is 17.8. The number of benzene rings is 2. The third-order valence-electron chi connectivity index (χ3n) is 4.33. The highest BCUT2D eigenvalue weighted by Gasteiger charge is 2.23. The van der Waals surface area contributed by atoms with Crippen molar-refractivity contribution in [3.05, 3.63) is 64.7 Å². The molecule has 1 heterocycles. The van der Waals surface area contributed by atoms with Crippen LogP contribution in [0.25, 0.3) is 0 Å². The third kappa shape index (κ3) is 4.45. The lowest BCUT2D eigenvalue weighted by molar-refractivity contribution is -0.125. The fraction of sp³-hybridized carbons (Fsp3) is 0.300. The van der Waals surface area contributed by atoms with E-state index in [-0.39, 0.29) is 24.4 Å². The van der Waals surface area contributed by atoms with Gasteiger partial charge in [-0.25, -0.2) is 0 Å². The Morgan fingerprint density at radius 2 is 1.76 bits per heavy atom. The number of carbonyl (C=O) groups is 2. The minimum absolute atomic E-state index is 0.0361. The maximum atomic E-state index is 12.3. The molecule has 1 aliphatic heterocycles. The Labute approximate surface area is 147 Å². The van der Waals surface area contributed by atoms with Gasteiger partial charge in [-0.05, 0) is 54.7 Å². The van der Waals surface area contributed by atoms with E-state index < -0.39 is 0 Å². The molecule has 2 amide bonds. The molecule has 25 heavy (non-hydrogen) atoms. The quantitative estimate of drug-likeness (QED) is 0.800. The van der Waals surface area contributed by atoms with Gasteiger partial charge in [0.25, 0.3) is 0 Å². The second-order valence-corrected chi connectivity index (χ2v) is 6.55. The van der Waals surface area contributed by atoms with E-state index in [9.17, 15) is 9.59 Å². The van der Waals surface area contributed by atoms with Crippen LogP contribution in [0.1, 0.15) is 22.3 Å². The molecule has 3 N–H and O–H groups in total. The van der Waals surface area contributed by atoms with E-state index in [0.29, 0.717) is 13.0 Å². The lowest BCUT2D eigenvalue weighted by Crippen LogP contribution is -2.49. The van der Waals surface area contributed by atoms with Crippen LogP contribution >= 0.6 is 0 Å². The number of aryl methyl sites for hydroxylation is 2. The summed E-state index contributed by atoms with van der Waals surface area (Å²) in [6.45, 7) is 4.60. The summed E-state index contributed by atoms with van der Waals surface area (Å²) < 4.78 is 0. The van der Waals surface area contributed by atoms with Gasteiger partial charge >= 0.3 is 0 Å². The number of carbonyl (C=O) groups excluding carboxylic acids is 2. The molecule has 0 radical (unpaired) electrons. The van der Waals surface area contributed by atoms with Gasteiger partial charge in [0.1, 0.15) is 0 Å². The summed E-state index contributed by atoms with van der Waals surface area (Å²) in [7, 11) is 0. The molecule has 0 aromatic heterocycles. The summed E-state index contributed by atoms with van der Waals surface area (Å²) in [5, 5.41) is 8.76. The molecule has 1 atom stereocenters. The average molecular weight is 337 g/mol. The van der Waals surface area contributed by atoms with Gasteiger partial charge < -0.3 is 16.0 Å². The van der Waals surface area contributed by atoms with Crippen molar-refractivity contribution in [2.75, 3.05) is 11.9 Å². The van der Waals surface area contributed by atoms with Crippen LogP contribution in [0, 0.1) is 13.8 Å². The smallest absolute Gasteiger partial charge is 0.243 e. The fourth-order valence-electron chi connectivity index (χ4n) is 3.18. The Morgan fingerprint density at radius 3 is 2.48 bits per heavy atom. The van der Waals surface area contributed by atoms with Gasteiger partial charge in [0.2, 0.25) is 11.8 Å². The molecular formula is C20H23N3O2. The number of rotatable bonds is 4. The summed E-state index contributed by atoms with van der Waals surface area (Å²) in [6, 6.07) is 13.7. The lowest BCUT2D eigenvalue weighted by Gasteiger charge is -2.25. The zero-order valence-corrected chi connectivity index (χ0v) is 14.6. The van der Waals surface area contributed by atoms with E-state index in [1.54, 1.807) is 0 Å². The first-order valence-electron chi connectivity index (χ1n) is 8.47. The molecule has 3 rings (SSSR count). The predicted octanol–water partition coefficient (Wildman–Crippen LogP) is 2.07. The number of amides is 2. The van der Waals surface area contributed by atoms with Gasteiger partial charge in [-0.2, -0.15) is 0 Å². The van der Waals surface area contributed by atoms with Crippen LogP contribution in [0.5, 0.6) is 0 Å². The predicted molar refractivity (Wildman–Crippen MR) is 98.3 cm³/mol. The van der Waals surface area contributed by atoms with Crippen molar-refractivity contribution in [1.82, 2.24) is 10.6 Å².